The van der Waals surface area contributed by atoms with Crippen LogP contribution in [0.1, 0.15) is 17.2 Å². The van der Waals surface area contributed by atoms with Crippen LogP contribution in [0.3, 0.4) is 0 Å². The normalized spacial score (nSPS) is 35.3. The number of rotatable bonds is 4. The zero-order valence-electron chi connectivity index (χ0n) is 17.3. The molecule has 0 saturated carbocycles. The second-order valence-electron chi connectivity index (χ2n) is 8.06. The zero-order valence-corrected chi connectivity index (χ0v) is 17.3. The lowest BCUT2D eigenvalue weighted by Crippen LogP contribution is -2.60. The van der Waals surface area contributed by atoms with Gasteiger partial charge < -0.3 is 65.3 Å². The Morgan fingerprint density at radius 1 is 0.853 bits per heavy atom. The van der Waals surface area contributed by atoms with Crippen LogP contribution in [-0.4, -0.2) is 94.5 Å². The highest BCUT2D eigenvalue weighted by Gasteiger charge is 2.51. The number of aliphatic hydroxyl groups is 7. The number of fused-ring (bicyclic) bond motifs is 1. The van der Waals surface area contributed by atoms with E-state index in [4.69, 9.17) is 14.2 Å². The molecule has 2 heterocycles. The monoisotopic (exact) mass is 484 g/mol. The second kappa shape index (κ2) is 8.72. The number of phenolic OH excluding ortho intramolecular Hbond substituents is 3. The van der Waals surface area contributed by atoms with Gasteiger partial charge in [0.2, 0.25) is 6.29 Å². The molecule has 4 unspecified atom stereocenters. The van der Waals surface area contributed by atoms with Crippen LogP contribution in [0.5, 0.6) is 28.7 Å². The van der Waals surface area contributed by atoms with Crippen LogP contribution < -0.4 is 9.47 Å². The Morgan fingerprint density at radius 2 is 1.56 bits per heavy atom. The summed E-state index contributed by atoms with van der Waals surface area (Å²) < 4.78 is 16.2. The topological polar surface area (TPSA) is 230 Å². The Balaban J connectivity index is 1.68. The van der Waals surface area contributed by atoms with Crippen molar-refractivity contribution < 1.29 is 65.3 Å². The van der Waals surface area contributed by atoms with Gasteiger partial charge in [-0.2, -0.15) is 0 Å². The third kappa shape index (κ3) is 3.87. The predicted octanol–water partition coefficient (Wildman–Crippen LogP) is -2.39. The van der Waals surface area contributed by atoms with Gasteiger partial charge in [0.25, 0.3) is 5.79 Å². The smallest absolute Gasteiger partial charge is 0.264 e. The zero-order chi connectivity index (χ0) is 24.9. The maximum atomic E-state index is 11.0. The van der Waals surface area contributed by atoms with Gasteiger partial charge in [-0.25, -0.2) is 0 Å². The standard InChI is InChI=1S/C21H24O13/c22-6-13-15(26)17(28)18(29)20(33-13)32-8-4-11(25)14-12(5-8)34-21(31,19(30)16(14)27)7-1-2-9(23)10(24)3-7/h1-5,13,15-20,22-31H,6H2/t13-,15-,16?,17+,18-,19?,20?,21?/m1/s1. The highest BCUT2D eigenvalue weighted by atomic mass is 16.7. The number of aliphatic hydroxyl groups excluding tert-OH is 6. The highest BCUT2D eigenvalue weighted by molar-refractivity contribution is 5.54. The summed E-state index contributed by atoms with van der Waals surface area (Å²) in [5.41, 5.74) is -0.541. The van der Waals surface area contributed by atoms with E-state index in [-0.39, 0.29) is 22.6 Å². The average molecular weight is 484 g/mol. The fourth-order valence-electron chi connectivity index (χ4n) is 3.91. The van der Waals surface area contributed by atoms with Crippen LogP contribution in [0, 0.1) is 0 Å². The average Bonchev–Trinajstić information content (AvgIpc) is 2.79. The Morgan fingerprint density at radius 3 is 2.21 bits per heavy atom. The van der Waals surface area contributed by atoms with Crippen molar-refractivity contribution in [2.45, 2.75) is 48.7 Å². The SMILES string of the molecule is OC[C@H]1OC(Oc2cc(O)c3c(c2)OC(O)(c2ccc(O)c(O)c2)C(O)C3O)[C@H](O)[C@@H](O)[C@@H]1O. The van der Waals surface area contributed by atoms with Gasteiger partial charge in [-0.3, -0.25) is 0 Å². The Bertz CT molecular complexity index is 1060. The molecular formula is C21H24O13. The predicted molar refractivity (Wildman–Crippen MR) is 108 cm³/mol. The summed E-state index contributed by atoms with van der Waals surface area (Å²) in [6.45, 7) is -0.694. The van der Waals surface area contributed by atoms with Gasteiger partial charge in [0.05, 0.1) is 12.2 Å². The molecule has 4 rings (SSSR count). The van der Waals surface area contributed by atoms with Gasteiger partial charge in [0, 0.05) is 17.7 Å². The summed E-state index contributed by atoms with van der Waals surface area (Å²) in [5.74, 6) is -4.99. The second-order valence-corrected chi connectivity index (χ2v) is 8.06. The Labute approximate surface area is 191 Å². The molecule has 2 aromatic rings. The minimum atomic E-state index is -2.63. The van der Waals surface area contributed by atoms with E-state index in [9.17, 15) is 51.1 Å². The molecule has 1 fully saturated rings. The first-order valence-corrected chi connectivity index (χ1v) is 10.1. The first kappa shape index (κ1) is 24.3. The van der Waals surface area contributed by atoms with Crippen molar-refractivity contribution in [3.05, 3.63) is 41.5 Å². The van der Waals surface area contributed by atoms with Crippen LogP contribution in [0.25, 0.3) is 0 Å². The molecule has 186 valence electrons. The lowest BCUT2D eigenvalue weighted by Gasteiger charge is -2.41. The number of phenols is 3. The summed E-state index contributed by atoms with van der Waals surface area (Å²) in [4.78, 5) is 0. The van der Waals surface area contributed by atoms with E-state index < -0.39 is 72.6 Å². The Kier molecular flexibility index (Phi) is 6.22. The molecule has 2 aliphatic heterocycles. The van der Waals surface area contributed by atoms with E-state index in [0.717, 1.165) is 30.3 Å². The molecule has 0 aromatic heterocycles. The van der Waals surface area contributed by atoms with E-state index >= 15 is 0 Å². The molecule has 34 heavy (non-hydrogen) atoms. The van der Waals surface area contributed by atoms with Crippen molar-refractivity contribution in [1.82, 2.24) is 0 Å². The molecule has 0 radical (unpaired) electrons. The number of hydrogen-bond acceptors (Lipinski definition) is 13. The number of benzene rings is 2. The summed E-state index contributed by atoms with van der Waals surface area (Å²) in [7, 11) is 0. The molecule has 0 bridgehead atoms. The van der Waals surface area contributed by atoms with Crippen molar-refractivity contribution in [2.75, 3.05) is 6.61 Å². The lowest BCUT2D eigenvalue weighted by molar-refractivity contribution is -0.277. The molecule has 2 aliphatic rings. The summed E-state index contributed by atoms with van der Waals surface area (Å²) in [6.07, 6.45) is -11.8. The molecule has 0 aliphatic carbocycles. The van der Waals surface area contributed by atoms with Crippen molar-refractivity contribution in [1.29, 1.82) is 0 Å². The molecule has 1 saturated heterocycles. The summed E-state index contributed by atoms with van der Waals surface area (Å²) in [5, 5.41) is 101. The van der Waals surface area contributed by atoms with E-state index in [2.05, 4.69) is 0 Å². The number of ether oxygens (including phenoxy) is 3. The molecule has 8 atom stereocenters. The minimum absolute atomic E-state index is 0.236. The summed E-state index contributed by atoms with van der Waals surface area (Å²) in [6, 6.07) is 5.12. The molecule has 13 heteroatoms. The van der Waals surface area contributed by atoms with Gasteiger partial charge >= 0.3 is 0 Å². The molecule has 2 aromatic carbocycles. The van der Waals surface area contributed by atoms with Gasteiger partial charge in [-0.15, -0.1) is 0 Å². The van der Waals surface area contributed by atoms with E-state index in [1.165, 1.54) is 0 Å². The van der Waals surface area contributed by atoms with Crippen LogP contribution in [0.2, 0.25) is 0 Å². The van der Waals surface area contributed by atoms with Gasteiger partial charge in [0.1, 0.15) is 47.8 Å². The molecular weight excluding hydrogens is 460 g/mol. The van der Waals surface area contributed by atoms with E-state index in [1.807, 2.05) is 0 Å². The molecule has 10 N–H and O–H groups in total. The highest BCUT2D eigenvalue weighted by Crippen LogP contribution is 2.49. The maximum absolute atomic E-state index is 11.0. The van der Waals surface area contributed by atoms with Crippen LogP contribution in [0.15, 0.2) is 30.3 Å². The van der Waals surface area contributed by atoms with Crippen LogP contribution >= 0.6 is 0 Å². The minimum Gasteiger partial charge on any atom is -0.507 e. The fourth-order valence-corrected chi connectivity index (χ4v) is 3.91. The fraction of sp³-hybridized carbons (Fsp3) is 0.429. The summed E-state index contributed by atoms with van der Waals surface area (Å²) >= 11 is 0. The number of aromatic hydroxyl groups is 3. The van der Waals surface area contributed by atoms with Gasteiger partial charge in [-0.1, -0.05) is 0 Å². The maximum Gasteiger partial charge on any atom is 0.264 e. The first-order chi connectivity index (χ1) is 16.0. The Hall–Kier alpha value is -2.88. The van der Waals surface area contributed by atoms with Crippen LogP contribution in [-0.2, 0) is 10.5 Å². The molecule has 0 amide bonds. The third-order valence-electron chi connectivity index (χ3n) is 5.84. The van der Waals surface area contributed by atoms with Crippen molar-refractivity contribution in [2.24, 2.45) is 0 Å². The van der Waals surface area contributed by atoms with Crippen molar-refractivity contribution in [3.63, 3.8) is 0 Å². The molecule has 13 nitrogen and oxygen atoms in total. The molecule has 0 spiro atoms. The lowest BCUT2D eigenvalue weighted by atomic mass is 9.88. The number of hydrogen-bond donors (Lipinski definition) is 10. The van der Waals surface area contributed by atoms with Gasteiger partial charge in [0.15, 0.2) is 17.6 Å². The third-order valence-corrected chi connectivity index (χ3v) is 5.84. The quantitative estimate of drug-likeness (QED) is 0.205. The van der Waals surface area contributed by atoms with Crippen molar-refractivity contribution in [3.8, 4) is 28.7 Å². The van der Waals surface area contributed by atoms with Gasteiger partial charge in [-0.05, 0) is 18.2 Å². The van der Waals surface area contributed by atoms with Crippen molar-refractivity contribution >= 4 is 0 Å². The van der Waals surface area contributed by atoms with E-state index in [0.29, 0.717) is 0 Å². The van der Waals surface area contributed by atoms with E-state index in [1.54, 1.807) is 0 Å². The van der Waals surface area contributed by atoms with Crippen LogP contribution in [0.4, 0.5) is 0 Å². The first-order valence-electron chi connectivity index (χ1n) is 10.1. The largest absolute Gasteiger partial charge is 0.507 e.